The van der Waals surface area contributed by atoms with Gasteiger partial charge in [-0.2, -0.15) is 13.2 Å². The highest BCUT2D eigenvalue weighted by Crippen LogP contribution is 2.29. The Labute approximate surface area is 155 Å². The van der Waals surface area contributed by atoms with Gasteiger partial charge in [-0.1, -0.05) is 0 Å². The third-order valence-corrected chi connectivity index (χ3v) is 4.68. The predicted octanol–water partition coefficient (Wildman–Crippen LogP) is 4.57. The van der Waals surface area contributed by atoms with E-state index in [0.717, 1.165) is 43.8 Å². The van der Waals surface area contributed by atoms with Gasteiger partial charge >= 0.3 is 6.18 Å². The van der Waals surface area contributed by atoms with Crippen LogP contribution >= 0.6 is 0 Å². The largest absolute Gasteiger partial charge is 0.416 e. The van der Waals surface area contributed by atoms with E-state index in [2.05, 4.69) is 10.2 Å². The minimum atomic E-state index is -4.42. The molecule has 144 valence electrons. The molecule has 1 heterocycles. The summed E-state index contributed by atoms with van der Waals surface area (Å²) in [5.74, 6) is -0.450. The summed E-state index contributed by atoms with van der Waals surface area (Å²) in [7, 11) is 1.72. The van der Waals surface area contributed by atoms with Gasteiger partial charge in [-0.05, 0) is 61.4 Å². The zero-order valence-electron chi connectivity index (χ0n) is 14.9. The number of carbonyl (C=O) groups is 1. The molecule has 0 saturated carbocycles. The lowest BCUT2D eigenvalue weighted by Crippen LogP contribution is -2.39. The molecule has 0 radical (unpaired) electrons. The van der Waals surface area contributed by atoms with Crippen LogP contribution in [0.1, 0.15) is 28.8 Å². The number of hydrogen-bond donors (Lipinski definition) is 1. The highest BCUT2D eigenvalue weighted by atomic mass is 19.4. The van der Waals surface area contributed by atoms with E-state index < -0.39 is 17.6 Å². The first-order valence-electron chi connectivity index (χ1n) is 8.73. The summed E-state index contributed by atoms with van der Waals surface area (Å²) in [6.07, 6.45) is -2.09. The van der Waals surface area contributed by atoms with Crippen molar-refractivity contribution in [3.8, 4) is 0 Å². The number of rotatable bonds is 4. The number of anilines is 2. The number of nitrogens with zero attached hydrogens (tertiary/aromatic N) is 1. The van der Waals surface area contributed by atoms with Crippen LogP contribution in [-0.2, 0) is 10.9 Å². The molecule has 1 saturated heterocycles. The monoisotopic (exact) mass is 378 g/mol. The molecule has 1 atom stereocenters. The maximum Gasteiger partial charge on any atom is 0.416 e. The Morgan fingerprint density at radius 2 is 1.78 bits per heavy atom. The summed E-state index contributed by atoms with van der Waals surface area (Å²) in [5, 5.41) is 2.70. The zero-order valence-corrected chi connectivity index (χ0v) is 14.9. The Bertz CT molecular complexity index is 773. The maximum atomic E-state index is 12.6. The summed E-state index contributed by atoms with van der Waals surface area (Å²) in [4.78, 5) is 14.5. The van der Waals surface area contributed by atoms with Gasteiger partial charge in [0.1, 0.15) is 0 Å². The fourth-order valence-corrected chi connectivity index (χ4v) is 3.13. The van der Waals surface area contributed by atoms with Gasteiger partial charge in [-0.25, -0.2) is 0 Å². The lowest BCUT2D eigenvalue weighted by atomic mass is 10.1. The highest BCUT2D eigenvalue weighted by Gasteiger charge is 2.30. The fourth-order valence-electron chi connectivity index (χ4n) is 3.13. The maximum absolute atomic E-state index is 12.6. The molecule has 27 heavy (non-hydrogen) atoms. The SMILES string of the molecule is COC1CCCN(c2ccc(NC(=O)c3ccc(C(F)(F)F)cc3)cc2)C1. The first kappa shape index (κ1) is 19.2. The Kier molecular flexibility index (Phi) is 5.70. The molecule has 3 rings (SSSR count). The van der Waals surface area contributed by atoms with Crippen LogP contribution in [0, 0.1) is 0 Å². The van der Waals surface area contributed by atoms with Crippen molar-refractivity contribution >= 4 is 17.3 Å². The molecule has 7 heteroatoms. The van der Waals surface area contributed by atoms with Gasteiger partial charge in [0, 0.05) is 37.1 Å². The summed E-state index contributed by atoms with van der Waals surface area (Å²) >= 11 is 0. The van der Waals surface area contributed by atoms with Crippen molar-refractivity contribution in [2.24, 2.45) is 0 Å². The molecule has 0 bridgehead atoms. The van der Waals surface area contributed by atoms with Crippen molar-refractivity contribution in [1.29, 1.82) is 0 Å². The van der Waals surface area contributed by atoms with E-state index in [9.17, 15) is 18.0 Å². The van der Waals surface area contributed by atoms with Crippen LogP contribution in [0.15, 0.2) is 48.5 Å². The van der Waals surface area contributed by atoms with Crippen LogP contribution in [0.25, 0.3) is 0 Å². The van der Waals surface area contributed by atoms with E-state index in [1.54, 1.807) is 19.2 Å². The van der Waals surface area contributed by atoms with Gasteiger partial charge in [0.15, 0.2) is 0 Å². The summed E-state index contributed by atoms with van der Waals surface area (Å²) in [5.41, 5.74) is 1.03. The molecule has 0 spiro atoms. The number of benzene rings is 2. The molecular formula is C20H21F3N2O2. The molecule has 1 amide bonds. The van der Waals surface area contributed by atoms with Gasteiger partial charge in [-0.15, -0.1) is 0 Å². The van der Waals surface area contributed by atoms with Gasteiger partial charge in [-0.3, -0.25) is 4.79 Å². The molecule has 1 N–H and O–H groups in total. The van der Waals surface area contributed by atoms with E-state index in [1.165, 1.54) is 12.1 Å². The minimum absolute atomic E-state index is 0.172. The van der Waals surface area contributed by atoms with Gasteiger partial charge in [0.05, 0.1) is 11.7 Å². The summed E-state index contributed by atoms with van der Waals surface area (Å²) in [6.45, 7) is 1.78. The molecule has 2 aromatic carbocycles. The van der Waals surface area contributed by atoms with E-state index in [0.29, 0.717) is 5.69 Å². The van der Waals surface area contributed by atoms with Gasteiger partial charge in [0.25, 0.3) is 5.91 Å². The van der Waals surface area contributed by atoms with E-state index in [1.807, 2.05) is 12.1 Å². The second-order valence-electron chi connectivity index (χ2n) is 6.52. The normalized spacial score (nSPS) is 17.6. The number of amides is 1. The van der Waals surface area contributed by atoms with Crippen LogP contribution < -0.4 is 10.2 Å². The van der Waals surface area contributed by atoms with Crippen LogP contribution in [0.3, 0.4) is 0 Å². The topological polar surface area (TPSA) is 41.6 Å². The van der Waals surface area contributed by atoms with Crippen molar-refractivity contribution in [3.05, 3.63) is 59.7 Å². The van der Waals surface area contributed by atoms with Crippen LogP contribution in [0.4, 0.5) is 24.5 Å². The third-order valence-electron chi connectivity index (χ3n) is 4.68. The molecule has 4 nitrogen and oxygen atoms in total. The van der Waals surface area contributed by atoms with Crippen LogP contribution in [0.5, 0.6) is 0 Å². The Morgan fingerprint density at radius 3 is 2.37 bits per heavy atom. The third kappa shape index (κ3) is 4.80. The lowest BCUT2D eigenvalue weighted by molar-refractivity contribution is -0.137. The Hall–Kier alpha value is -2.54. The van der Waals surface area contributed by atoms with Crippen LogP contribution in [0.2, 0.25) is 0 Å². The number of ether oxygens (including phenoxy) is 1. The standard InChI is InChI=1S/C20H21F3N2O2/c1-27-18-3-2-12-25(13-18)17-10-8-16(9-11-17)24-19(26)14-4-6-15(7-5-14)20(21,22)23/h4-11,18H,2-3,12-13H2,1H3,(H,24,26). The zero-order chi connectivity index (χ0) is 19.4. The number of alkyl halides is 3. The van der Waals surface area contributed by atoms with Gasteiger partial charge < -0.3 is 15.0 Å². The van der Waals surface area contributed by atoms with Crippen molar-refractivity contribution in [2.45, 2.75) is 25.1 Å². The first-order valence-corrected chi connectivity index (χ1v) is 8.73. The van der Waals surface area contributed by atoms with Crippen molar-refractivity contribution in [1.82, 2.24) is 0 Å². The highest BCUT2D eigenvalue weighted by molar-refractivity contribution is 6.04. The van der Waals surface area contributed by atoms with E-state index in [-0.39, 0.29) is 11.7 Å². The predicted molar refractivity (Wildman–Crippen MR) is 98.1 cm³/mol. The average Bonchev–Trinajstić information content (AvgIpc) is 2.68. The second kappa shape index (κ2) is 8.00. The molecule has 0 aliphatic carbocycles. The average molecular weight is 378 g/mol. The smallest absolute Gasteiger partial charge is 0.380 e. The number of halogens is 3. The second-order valence-corrected chi connectivity index (χ2v) is 6.52. The molecular weight excluding hydrogens is 357 g/mol. The molecule has 0 aromatic heterocycles. The Balaban J connectivity index is 1.63. The van der Waals surface area contributed by atoms with Crippen molar-refractivity contribution in [3.63, 3.8) is 0 Å². The summed E-state index contributed by atoms with van der Waals surface area (Å²) in [6, 6.07) is 11.6. The molecule has 1 unspecified atom stereocenters. The Morgan fingerprint density at radius 1 is 1.11 bits per heavy atom. The van der Waals surface area contributed by atoms with Crippen LogP contribution in [-0.4, -0.2) is 32.2 Å². The van der Waals surface area contributed by atoms with Gasteiger partial charge in [0.2, 0.25) is 0 Å². The molecule has 2 aromatic rings. The first-order chi connectivity index (χ1) is 12.9. The molecule has 1 aliphatic heterocycles. The number of carbonyl (C=O) groups excluding carboxylic acids is 1. The minimum Gasteiger partial charge on any atom is -0.380 e. The van der Waals surface area contributed by atoms with Crippen molar-refractivity contribution < 1.29 is 22.7 Å². The lowest BCUT2D eigenvalue weighted by Gasteiger charge is -2.33. The van der Waals surface area contributed by atoms with E-state index >= 15 is 0 Å². The quantitative estimate of drug-likeness (QED) is 0.847. The fraction of sp³-hybridized carbons (Fsp3) is 0.350. The number of piperidine rings is 1. The number of hydrogen-bond acceptors (Lipinski definition) is 3. The number of methoxy groups -OCH3 is 1. The van der Waals surface area contributed by atoms with E-state index in [4.69, 9.17) is 4.74 Å². The summed E-state index contributed by atoms with van der Waals surface area (Å²) < 4.78 is 43.2. The molecule has 1 aliphatic rings. The molecule has 1 fully saturated rings. The number of nitrogens with one attached hydrogen (secondary N) is 1. The van der Waals surface area contributed by atoms with Crippen molar-refractivity contribution in [2.75, 3.05) is 30.4 Å².